The summed E-state index contributed by atoms with van der Waals surface area (Å²) in [6.45, 7) is 0.420. The molecule has 9 nitrogen and oxygen atoms in total. The highest BCUT2D eigenvalue weighted by atomic mass is 32.1. The average Bonchev–Trinajstić information content (AvgIpc) is 3.12. The van der Waals surface area contributed by atoms with Crippen LogP contribution < -0.4 is 26.8 Å². The van der Waals surface area contributed by atoms with E-state index < -0.39 is 0 Å². The van der Waals surface area contributed by atoms with Gasteiger partial charge in [-0.1, -0.05) is 0 Å². The van der Waals surface area contributed by atoms with Crippen LogP contribution in [0.3, 0.4) is 0 Å². The Balaban J connectivity index is 1.73. The fourth-order valence-corrected chi connectivity index (χ4v) is 3.30. The van der Waals surface area contributed by atoms with Gasteiger partial charge in [0.15, 0.2) is 5.13 Å². The first-order chi connectivity index (χ1) is 12.4. The summed E-state index contributed by atoms with van der Waals surface area (Å²) in [5.41, 5.74) is 8.18. The van der Waals surface area contributed by atoms with E-state index in [2.05, 4.69) is 15.6 Å². The second-order valence-electron chi connectivity index (χ2n) is 5.75. The molecule has 2 heterocycles. The number of aromatic nitrogens is 3. The molecule has 1 aromatic carbocycles. The van der Waals surface area contributed by atoms with Gasteiger partial charge in [-0.25, -0.2) is 14.6 Å². The Bertz CT molecular complexity index is 1020. The number of hydrogen-bond acceptors (Lipinski definition) is 6. The Kier molecular flexibility index (Phi) is 4.85. The quantitative estimate of drug-likeness (QED) is 0.620. The van der Waals surface area contributed by atoms with E-state index in [9.17, 15) is 9.59 Å². The average molecular weight is 376 g/mol. The summed E-state index contributed by atoms with van der Waals surface area (Å²) < 4.78 is 8.39. The van der Waals surface area contributed by atoms with Crippen LogP contribution in [0.2, 0.25) is 0 Å². The van der Waals surface area contributed by atoms with Gasteiger partial charge in [0.2, 0.25) is 0 Å². The van der Waals surface area contributed by atoms with Crippen molar-refractivity contribution in [2.24, 2.45) is 14.1 Å². The van der Waals surface area contributed by atoms with Crippen LogP contribution in [0.1, 0.15) is 5.69 Å². The maximum Gasteiger partial charge on any atom is 0.328 e. The highest BCUT2D eigenvalue weighted by Gasteiger charge is 2.14. The minimum absolute atomic E-state index is 0.147. The molecule has 138 valence electrons. The van der Waals surface area contributed by atoms with E-state index in [1.165, 1.54) is 27.6 Å². The minimum atomic E-state index is -0.369. The lowest BCUT2D eigenvalue weighted by Crippen LogP contribution is -2.30. The molecule has 2 amide bonds. The van der Waals surface area contributed by atoms with E-state index in [0.717, 1.165) is 11.2 Å². The van der Waals surface area contributed by atoms with Crippen molar-refractivity contribution in [2.75, 3.05) is 24.7 Å². The Morgan fingerprint density at radius 1 is 1.31 bits per heavy atom. The monoisotopic (exact) mass is 376 g/mol. The predicted molar refractivity (Wildman–Crippen MR) is 102 cm³/mol. The largest absolute Gasteiger partial charge is 0.494 e. The topological polar surface area (TPSA) is 116 Å². The highest BCUT2D eigenvalue weighted by Crippen LogP contribution is 2.29. The third-order valence-corrected chi connectivity index (χ3v) is 4.80. The lowest BCUT2D eigenvalue weighted by Gasteiger charge is -2.12. The molecular formula is C16H20N6O3S. The van der Waals surface area contributed by atoms with Gasteiger partial charge in [0, 0.05) is 38.5 Å². The van der Waals surface area contributed by atoms with Gasteiger partial charge in [-0.05, 0) is 6.07 Å². The Morgan fingerprint density at radius 2 is 2.00 bits per heavy atom. The summed E-state index contributed by atoms with van der Waals surface area (Å²) in [7, 11) is 4.88. The number of thiazole rings is 1. The van der Waals surface area contributed by atoms with Crippen molar-refractivity contribution < 1.29 is 9.53 Å². The number of rotatable bonds is 5. The summed E-state index contributed by atoms with van der Waals surface area (Å²) in [4.78, 5) is 28.4. The number of nitrogen functional groups attached to an aromatic ring is 1. The van der Waals surface area contributed by atoms with E-state index in [1.54, 1.807) is 26.2 Å². The fraction of sp³-hybridized carbons (Fsp3) is 0.312. The zero-order valence-electron chi connectivity index (χ0n) is 14.7. The fourth-order valence-electron chi connectivity index (χ4n) is 2.70. The van der Waals surface area contributed by atoms with Crippen molar-refractivity contribution in [3.63, 3.8) is 0 Å². The van der Waals surface area contributed by atoms with Crippen LogP contribution in [0, 0.1) is 0 Å². The normalized spacial score (nSPS) is 10.9. The molecule has 0 spiro atoms. The number of nitrogens with two attached hydrogens (primary N) is 1. The van der Waals surface area contributed by atoms with Gasteiger partial charge >= 0.3 is 11.7 Å². The van der Waals surface area contributed by atoms with Crippen molar-refractivity contribution in [1.82, 2.24) is 19.4 Å². The van der Waals surface area contributed by atoms with Crippen LogP contribution in [0.4, 0.5) is 15.6 Å². The number of ether oxygens (including phenoxy) is 1. The van der Waals surface area contributed by atoms with Crippen LogP contribution in [0.25, 0.3) is 11.0 Å². The molecule has 3 rings (SSSR count). The molecule has 0 bridgehead atoms. The number of anilines is 2. The maximum absolute atomic E-state index is 12.2. The lowest BCUT2D eigenvalue weighted by molar-refractivity contribution is 0.252. The molecule has 0 aliphatic carbocycles. The molecule has 0 atom stereocenters. The van der Waals surface area contributed by atoms with E-state index in [-0.39, 0.29) is 11.7 Å². The number of carbonyl (C=O) groups excluding carboxylic acids is 1. The van der Waals surface area contributed by atoms with Gasteiger partial charge in [0.05, 0.1) is 29.5 Å². The Hall–Kier alpha value is -3.01. The standard InChI is InChI=1S/C16H20N6O3S/c1-21-11-6-10(13(25-3)7-12(11)22(2)16(21)24)20-15(23)18-5-4-9-8-26-14(17)19-9/h6-8H,4-5H2,1-3H3,(H2,17,19)(H2,18,20,23). The van der Waals surface area contributed by atoms with Crippen molar-refractivity contribution in [3.05, 3.63) is 33.7 Å². The molecule has 0 saturated heterocycles. The molecule has 0 saturated carbocycles. The van der Waals surface area contributed by atoms with E-state index >= 15 is 0 Å². The molecule has 0 aliphatic heterocycles. The molecule has 4 N–H and O–H groups in total. The first-order valence-electron chi connectivity index (χ1n) is 7.89. The summed E-state index contributed by atoms with van der Waals surface area (Å²) in [5, 5.41) is 7.90. The third-order valence-electron chi connectivity index (χ3n) is 4.08. The number of methoxy groups -OCH3 is 1. The SMILES string of the molecule is COc1cc2c(cc1NC(=O)NCCc1csc(N)n1)n(C)c(=O)n2C. The predicted octanol–water partition coefficient (Wildman–Crippen LogP) is 1.29. The van der Waals surface area contributed by atoms with Crippen LogP contribution in [-0.2, 0) is 20.5 Å². The van der Waals surface area contributed by atoms with Crippen LogP contribution in [0.5, 0.6) is 5.75 Å². The van der Waals surface area contributed by atoms with Gasteiger partial charge in [-0.2, -0.15) is 0 Å². The van der Waals surface area contributed by atoms with Crippen molar-refractivity contribution >= 4 is 39.2 Å². The highest BCUT2D eigenvalue weighted by molar-refractivity contribution is 7.13. The van der Waals surface area contributed by atoms with Gasteiger partial charge in [-0.3, -0.25) is 9.13 Å². The summed E-state index contributed by atoms with van der Waals surface area (Å²) in [5.74, 6) is 0.473. The summed E-state index contributed by atoms with van der Waals surface area (Å²) in [6.07, 6.45) is 0.588. The Morgan fingerprint density at radius 3 is 2.62 bits per heavy atom. The molecule has 0 radical (unpaired) electrons. The molecule has 0 unspecified atom stereocenters. The smallest absolute Gasteiger partial charge is 0.328 e. The number of hydrogen-bond donors (Lipinski definition) is 3. The van der Waals surface area contributed by atoms with Gasteiger partial charge in [0.25, 0.3) is 0 Å². The van der Waals surface area contributed by atoms with Gasteiger partial charge in [0.1, 0.15) is 5.75 Å². The first kappa shape index (κ1) is 17.8. The lowest BCUT2D eigenvalue weighted by atomic mass is 10.2. The molecule has 0 fully saturated rings. The molecule has 0 aliphatic rings. The number of imidazole rings is 1. The number of aryl methyl sites for hydroxylation is 2. The molecule has 10 heteroatoms. The van der Waals surface area contributed by atoms with Gasteiger partial charge in [-0.15, -0.1) is 11.3 Å². The number of benzene rings is 1. The Labute approximate surface area is 153 Å². The number of carbonyl (C=O) groups is 1. The van der Waals surface area contributed by atoms with Crippen LogP contribution in [0.15, 0.2) is 22.3 Å². The van der Waals surface area contributed by atoms with Crippen molar-refractivity contribution in [1.29, 1.82) is 0 Å². The van der Waals surface area contributed by atoms with Crippen molar-refractivity contribution in [3.8, 4) is 5.75 Å². The van der Waals surface area contributed by atoms with E-state index in [0.29, 0.717) is 35.1 Å². The summed E-state index contributed by atoms with van der Waals surface area (Å²) in [6, 6.07) is 3.08. The third kappa shape index (κ3) is 3.36. The van der Waals surface area contributed by atoms with Crippen LogP contribution in [-0.4, -0.2) is 33.8 Å². The maximum atomic E-state index is 12.2. The zero-order chi connectivity index (χ0) is 18.8. The summed E-state index contributed by atoms with van der Waals surface area (Å²) >= 11 is 1.37. The number of urea groups is 1. The van der Waals surface area contributed by atoms with E-state index in [1.807, 2.05) is 5.38 Å². The number of amides is 2. The number of nitrogens with zero attached hydrogens (tertiary/aromatic N) is 3. The second kappa shape index (κ2) is 7.08. The van der Waals surface area contributed by atoms with E-state index in [4.69, 9.17) is 10.5 Å². The first-order valence-corrected chi connectivity index (χ1v) is 8.77. The molecule has 3 aromatic rings. The molecule has 26 heavy (non-hydrogen) atoms. The van der Waals surface area contributed by atoms with Crippen LogP contribution >= 0.6 is 11.3 Å². The number of fused-ring (bicyclic) bond motifs is 1. The van der Waals surface area contributed by atoms with Gasteiger partial charge < -0.3 is 21.1 Å². The van der Waals surface area contributed by atoms with Crippen molar-refractivity contribution in [2.45, 2.75) is 6.42 Å². The molecule has 2 aromatic heterocycles. The molecular weight excluding hydrogens is 356 g/mol. The minimum Gasteiger partial charge on any atom is -0.494 e. The zero-order valence-corrected chi connectivity index (χ0v) is 15.5. The number of nitrogens with one attached hydrogen (secondary N) is 2. The second-order valence-corrected chi connectivity index (χ2v) is 6.64.